The fourth-order valence-corrected chi connectivity index (χ4v) is 4.34. The lowest BCUT2D eigenvalue weighted by molar-refractivity contribution is 0.0697. The Kier molecular flexibility index (Phi) is 5.39. The van der Waals surface area contributed by atoms with Gasteiger partial charge in [0, 0.05) is 25.7 Å². The number of carbonyl (C=O) groups is 2. The minimum absolute atomic E-state index is 0.0856. The van der Waals surface area contributed by atoms with E-state index in [9.17, 15) is 23.1 Å². The summed E-state index contributed by atoms with van der Waals surface area (Å²) in [5.74, 6) is -1.72. The SMILES string of the molecule is C[C@@H](NC(=O)c1cc(C(=O)O)cc(N2CCN(C)S2(=O)=O)c1)c1ccccc1. The maximum absolute atomic E-state index is 12.7. The fraction of sp³-hybridized carbons (Fsp3) is 0.263. The number of nitrogens with one attached hydrogen (secondary N) is 1. The maximum Gasteiger partial charge on any atom is 0.335 e. The van der Waals surface area contributed by atoms with Gasteiger partial charge in [0.25, 0.3) is 5.91 Å². The quantitative estimate of drug-likeness (QED) is 0.793. The second-order valence-electron chi connectivity index (χ2n) is 6.58. The zero-order valence-electron chi connectivity index (χ0n) is 15.5. The molecule has 0 spiro atoms. The minimum Gasteiger partial charge on any atom is -0.478 e. The molecular weight excluding hydrogens is 382 g/mol. The van der Waals surface area contributed by atoms with Crippen LogP contribution >= 0.6 is 0 Å². The number of rotatable bonds is 5. The van der Waals surface area contributed by atoms with Crippen molar-refractivity contribution in [2.75, 3.05) is 24.4 Å². The number of amides is 1. The first kappa shape index (κ1) is 19.8. The molecule has 0 radical (unpaired) electrons. The van der Waals surface area contributed by atoms with Gasteiger partial charge >= 0.3 is 16.2 Å². The molecule has 1 saturated heterocycles. The van der Waals surface area contributed by atoms with E-state index in [2.05, 4.69) is 5.32 Å². The van der Waals surface area contributed by atoms with Crippen LogP contribution in [0.15, 0.2) is 48.5 Å². The summed E-state index contributed by atoms with van der Waals surface area (Å²) in [6.07, 6.45) is 0. The number of carboxylic acids is 1. The summed E-state index contributed by atoms with van der Waals surface area (Å²) in [6.45, 7) is 2.28. The van der Waals surface area contributed by atoms with Crippen LogP contribution in [-0.2, 0) is 10.2 Å². The Balaban J connectivity index is 1.94. The first-order chi connectivity index (χ1) is 13.2. The Bertz CT molecular complexity index is 1010. The van der Waals surface area contributed by atoms with E-state index in [1.807, 2.05) is 37.3 Å². The lowest BCUT2D eigenvalue weighted by atomic mass is 10.1. The Labute approximate surface area is 163 Å². The normalized spacial score (nSPS) is 17.3. The second-order valence-corrected chi connectivity index (χ2v) is 8.54. The van der Waals surface area contributed by atoms with E-state index in [1.54, 1.807) is 0 Å². The molecule has 1 amide bonds. The van der Waals surface area contributed by atoms with Gasteiger partial charge in [0.1, 0.15) is 0 Å². The third-order valence-electron chi connectivity index (χ3n) is 4.65. The first-order valence-corrected chi connectivity index (χ1v) is 10.1. The Morgan fingerprint density at radius 3 is 2.29 bits per heavy atom. The number of benzene rings is 2. The van der Waals surface area contributed by atoms with Crippen molar-refractivity contribution in [3.63, 3.8) is 0 Å². The van der Waals surface area contributed by atoms with Crippen molar-refractivity contribution in [3.05, 3.63) is 65.2 Å². The van der Waals surface area contributed by atoms with Gasteiger partial charge in [-0.05, 0) is 30.7 Å². The molecule has 1 aliphatic rings. The lowest BCUT2D eigenvalue weighted by Gasteiger charge is -2.20. The van der Waals surface area contributed by atoms with Crippen molar-refractivity contribution in [2.24, 2.45) is 0 Å². The van der Waals surface area contributed by atoms with Gasteiger partial charge < -0.3 is 10.4 Å². The topological polar surface area (TPSA) is 107 Å². The Hall–Kier alpha value is -2.91. The maximum atomic E-state index is 12.7. The average molecular weight is 403 g/mol. The van der Waals surface area contributed by atoms with Gasteiger partial charge in [-0.3, -0.25) is 9.10 Å². The highest BCUT2D eigenvalue weighted by Crippen LogP contribution is 2.27. The van der Waals surface area contributed by atoms with Crippen molar-refractivity contribution < 1.29 is 23.1 Å². The molecule has 2 aromatic rings. The second kappa shape index (κ2) is 7.61. The van der Waals surface area contributed by atoms with Gasteiger partial charge in [-0.15, -0.1) is 0 Å². The van der Waals surface area contributed by atoms with E-state index >= 15 is 0 Å². The number of carbonyl (C=O) groups excluding carboxylic acids is 1. The van der Waals surface area contributed by atoms with Gasteiger partial charge in [0.05, 0.1) is 17.3 Å². The summed E-state index contributed by atoms with van der Waals surface area (Å²) in [5.41, 5.74) is 0.984. The van der Waals surface area contributed by atoms with Crippen molar-refractivity contribution >= 4 is 27.8 Å². The lowest BCUT2D eigenvalue weighted by Crippen LogP contribution is -2.31. The van der Waals surface area contributed by atoms with E-state index in [1.165, 1.54) is 29.6 Å². The number of carboxylic acid groups (broad SMARTS) is 1. The number of nitrogens with zero attached hydrogens (tertiary/aromatic N) is 2. The molecule has 1 heterocycles. The van der Waals surface area contributed by atoms with Crippen LogP contribution in [0.3, 0.4) is 0 Å². The molecule has 1 fully saturated rings. The van der Waals surface area contributed by atoms with E-state index in [0.717, 1.165) is 9.87 Å². The van der Waals surface area contributed by atoms with E-state index in [4.69, 9.17) is 0 Å². The van der Waals surface area contributed by atoms with Crippen molar-refractivity contribution in [1.82, 2.24) is 9.62 Å². The highest BCUT2D eigenvalue weighted by atomic mass is 32.2. The monoisotopic (exact) mass is 403 g/mol. The molecular formula is C19H21N3O5S. The highest BCUT2D eigenvalue weighted by Gasteiger charge is 2.34. The zero-order valence-corrected chi connectivity index (χ0v) is 16.3. The van der Waals surface area contributed by atoms with Crippen LogP contribution in [0.2, 0.25) is 0 Å². The molecule has 0 aromatic heterocycles. The number of likely N-dealkylation sites (N-methyl/N-ethyl adjacent to an activating group) is 1. The van der Waals surface area contributed by atoms with Gasteiger partial charge in [0.15, 0.2) is 0 Å². The van der Waals surface area contributed by atoms with Crippen molar-refractivity contribution in [1.29, 1.82) is 0 Å². The average Bonchev–Trinajstić information content (AvgIpc) is 2.94. The Morgan fingerprint density at radius 1 is 1.07 bits per heavy atom. The number of aromatic carboxylic acids is 1. The largest absolute Gasteiger partial charge is 0.478 e. The molecule has 2 N–H and O–H groups in total. The van der Waals surface area contributed by atoms with Crippen LogP contribution in [0.4, 0.5) is 5.69 Å². The standard InChI is InChI=1S/C19H21N3O5S/c1-13(14-6-4-3-5-7-14)20-18(23)15-10-16(19(24)25)12-17(11-15)22-9-8-21(2)28(22,26)27/h3-7,10-13H,8-9H2,1-2H3,(H,20,23)(H,24,25)/t13-/m1/s1. The Morgan fingerprint density at radius 2 is 1.71 bits per heavy atom. The summed E-state index contributed by atoms with van der Waals surface area (Å²) >= 11 is 0. The van der Waals surface area contributed by atoms with E-state index in [-0.39, 0.29) is 35.9 Å². The number of anilines is 1. The molecule has 0 aliphatic carbocycles. The molecule has 3 rings (SSSR count). The van der Waals surface area contributed by atoms with Crippen LogP contribution in [0.5, 0.6) is 0 Å². The van der Waals surface area contributed by atoms with E-state index in [0.29, 0.717) is 0 Å². The van der Waals surface area contributed by atoms with Crippen LogP contribution in [-0.4, -0.2) is 49.8 Å². The van der Waals surface area contributed by atoms with Crippen molar-refractivity contribution in [3.8, 4) is 0 Å². The molecule has 9 heteroatoms. The molecule has 28 heavy (non-hydrogen) atoms. The molecule has 8 nitrogen and oxygen atoms in total. The van der Waals surface area contributed by atoms with Crippen LogP contribution in [0.25, 0.3) is 0 Å². The molecule has 2 aromatic carbocycles. The van der Waals surface area contributed by atoms with Gasteiger partial charge in [-0.25, -0.2) is 4.79 Å². The predicted octanol–water partition coefficient (Wildman–Crippen LogP) is 1.87. The van der Waals surface area contributed by atoms with Gasteiger partial charge in [0.2, 0.25) is 0 Å². The summed E-state index contributed by atoms with van der Waals surface area (Å²) in [5, 5.41) is 12.2. The summed E-state index contributed by atoms with van der Waals surface area (Å²) in [6, 6.07) is 12.9. The van der Waals surface area contributed by atoms with Crippen molar-refractivity contribution in [2.45, 2.75) is 13.0 Å². The van der Waals surface area contributed by atoms with Crippen LogP contribution < -0.4 is 9.62 Å². The van der Waals surface area contributed by atoms with Gasteiger partial charge in [-0.2, -0.15) is 12.7 Å². The predicted molar refractivity (Wildman–Crippen MR) is 105 cm³/mol. The zero-order chi connectivity index (χ0) is 20.5. The molecule has 0 saturated carbocycles. The molecule has 0 unspecified atom stereocenters. The minimum atomic E-state index is -3.73. The number of hydrogen-bond donors (Lipinski definition) is 2. The summed E-state index contributed by atoms with van der Waals surface area (Å²) in [4.78, 5) is 24.2. The fourth-order valence-electron chi connectivity index (χ4n) is 3.01. The third kappa shape index (κ3) is 3.85. The third-order valence-corrected chi connectivity index (χ3v) is 6.57. The van der Waals surface area contributed by atoms with Gasteiger partial charge in [-0.1, -0.05) is 30.3 Å². The highest BCUT2D eigenvalue weighted by molar-refractivity contribution is 7.90. The molecule has 148 valence electrons. The molecule has 0 bridgehead atoms. The van der Waals surface area contributed by atoms with E-state index < -0.39 is 22.1 Å². The van der Waals surface area contributed by atoms with Crippen LogP contribution in [0, 0.1) is 0 Å². The summed E-state index contributed by atoms with van der Waals surface area (Å²) < 4.78 is 27.1. The molecule has 1 aliphatic heterocycles. The molecule has 1 atom stereocenters. The first-order valence-electron chi connectivity index (χ1n) is 8.68. The number of hydrogen-bond acceptors (Lipinski definition) is 4. The smallest absolute Gasteiger partial charge is 0.335 e. The summed E-state index contributed by atoms with van der Waals surface area (Å²) in [7, 11) is -2.28. The van der Waals surface area contributed by atoms with Crippen LogP contribution in [0.1, 0.15) is 39.2 Å².